The molecule has 54 valence electrons. The molecule has 3 N–H and O–H groups in total. The molecule has 0 radical (unpaired) electrons. The zero-order valence-electron chi connectivity index (χ0n) is 8.31. The van der Waals surface area contributed by atoms with Crippen molar-refractivity contribution in [2.75, 3.05) is 13.1 Å². The lowest BCUT2D eigenvalue weighted by atomic mass is 10.3. The Balaban J connectivity index is 3.45. The molecule has 0 spiro atoms. The lowest BCUT2D eigenvalue weighted by molar-refractivity contribution is -0.118. The highest BCUT2D eigenvalue weighted by Gasteiger charge is 1.87. The second kappa shape index (κ2) is 5.56. The Morgan fingerprint density at radius 1 is 1.78 bits per heavy atom. The molecule has 0 aromatic rings. The van der Waals surface area contributed by atoms with Crippen molar-refractivity contribution in [3.8, 4) is 0 Å². The highest BCUT2D eigenvalue weighted by Crippen LogP contribution is 1.81. The van der Waals surface area contributed by atoms with Crippen LogP contribution in [0.25, 0.3) is 0 Å². The van der Waals surface area contributed by atoms with E-state index >= 15 is 0 Å². The van der Waals surface area contributed by atoms with Crippen molar-refractivity contribution < 1.29 is 8.91 Å². The Labute approximate surface area is 59.8 Å². The number of unbranched alkanes of at least 4 members (excludes halogenated alkanes) is 1. The standard InChI is InChI=1S/C6H14N2O/c1-6(9)8-5-3-2-4-7/h2-5,7H2,1H3,(H,8,9)/i1D3. The number of carbonyl (C=O) groups excluding carboxylic acids is 1. The summed E-state index contributed by atoms with van der Waals surface area (Å²) in [5, 5.41) is 2.30. The van der Waals surface area contributed by atoms with Gasteiger partial charge in [-0.15, -0.1) is 0 Å². The van der Waals surface area contributed by atoms with E-state index in [0.29, 0.717) is 13.1 Å². The molecule has 0 unspecified atom stereocenters. The van der Waals surface area contributed by atoms with Crippen LogP contribution >= 0.6 is 0 Å². The van der Waals surface area contributed by atoms with Gasteiger partial charge in [-0.05, 0) is 19.4 Å². The molecule has 0 aliphatic carbocycles. The predicted molar refractivity (Wildman–Crippen MR) is 37.0 cm³/mol. The first-order chi connectivity index (χ1) is 5.48. The third kappa shape index (κ3) is 7.43. The van der Waals surface area contributed by atoms with Gasteiger partial charge in [0.2, 0.25) is 5.91 Å². The molecule has 0 saturated carbocycles. The average Bonchev–Trinajstić information content (AvgIpc) is 1.96. The lowest BCUT2D eigenvalue weighted by Gasteiger charge is -1.98. The molecular formula is C6H14N2O. The maximum Gasteiger partial charge on any atom is 0.216 e. The number of hydrogen-bond acceptors (Lipinski definition) is 2. The van der Waals surface area contributed by atoms with Gasteiger partial charge in [0.15, 0.2) is 0 Å². The minimum atomic E-state index is -2.53. The van der Waals surface area contributed by atoms with Gasteiger partial charge in [0.1, 0.15) is 0 Å². The van der Waals surface area contributed by atoms with Gasteiger partial charge in [-0.2, -0.15) is 0 Å². The Kier molecular flexibility index (Phi) is 2.65. The fourth-order valence-electron chi connectivity index (χ4n) is 0.471. The third-order valence-corrected chi connectivity index (χ3v) is 0.916. The summed E-state index contributed by atoms with van der Waals surface area (Å²) < 4.78 is 20.1. The van der Waals surface area contributed by atoms with Crippen LogP contribution in [-0.2, 0) is 4.79 Å². The second-order valence-corrected chi connectivity index (χ2v) is 1.75. The minimum absolute atomic E-state index is 0.383. The van der Waals surface area contributed by atoms with Crippen LogP contribution in [0, 0.1) is 0 Å². The van der Waals surface area contributed by atoms with Crippen molar-refractivity contribution in [1.82, 2.24) is 5.32 Å². The lowest BCUT2D eigenvalue weighted by Crippen LogP contribution is -2.21. The molecule has 9 heavy (non-hydrogen) atoms. The summed E-state index contributed by atoms with van der Waals surface area (Å²) in [6.45, 7) is -1.58. The number of carbonyl (C=O) groups is 1. The predicted octanol–water partition coefficient (Wildman–Crippen LogP) is -0.139. The van der Waals surface area contributed by atoms with E-state index in [-0.39, 0.29) is 0 Å². The summed E-state index contributed by atoms with van der Waals surface area (Å²) >= 11 is 0. The summed E-state index contributed by atoms with van der Waals surface area (Å²) in [6.07, 6.45) is 1.51. The van der Waals surface area contributed by atoms with Crippen molar-refractivity contribution in [2.45, 2.75) is 19.7 Å². The van der Waals surface area contributed by atoms with Crippen molar-refractivity contribution in [3.05, 3.63) is 0 Å². The SMILES string of the molecule is [2H]C([2H])([2H])C(=O)NCCCCN. The van der Waals surface area contributed by atoms with Crippen LogP contribution in [0.5, 0.6) is 0 Å². The first-order valence-electron chi connectivity index (χ1n) is 4.47. The summed E-state index contributed by atoms with van der Waals surface area (Å²) in [5.41, 5.74) is 5.21. The minimum Gasteiger partial charge on any atom is -0.356 e. The smallest absolute Gasteiger partial charge is 0.216 e. The largest absolute Gasteiger partial charge is 0.356 e. The van der Waals surface area contributed by atoms with Gasteiger partial charge >= 0.3 is 0 Å². The van der Waals surface area contributed by atoms with Gasteiger partial charge in [-0.25, -0.2) is 0 Å². The molecule has 0 bridgehead atoms. The van der Waals surface area contributed by atoms with E-state index in [2.05, 4.69) is 5.32 Å². The Hall–Kier alpha value is -0.570. The van der Waals surface area contributed by atoms with Crippen LogP contribution in [-0.4, -0.2) is 19.0 Å². The Bertz CT molecular complexity index is 146. The van der Waals surface area contributed by atoms with E-state index in [4.69, 9.17) is 9.85 Å². The normalized spacial score (nSPS) is 15.4. The monoisotopic (exact) mass is 133 g/mol. The van der Waals surface area contributed by atoms with Gasteiger partial charge in [0, 0.05) is 17.5 Å². The van der Waals surface area contributed by atoms with E-state index < -0.39 is 12.8 Å². The summed E-state index contributed by atoms with van der Waals surface area (Å²) in [6, 6.07) is 0. The zero-order valence-corrected chi connectivity index (χ0v) is 5.31. The molecule has 3 nitrogen and oxygen atoms in total. The molecule has 0 aliphatic heterocycles. The van der Waals surface area contributed by atoms with Crippen molar-refractivity contribution in [3.63, 3.8) is 0 Å². The third-order valence-electron chi connectivity index (χ3n) is 0.916. The van der Waals surface area contributed by atoms with Crippen LogP contribution in [0.2, 0.25) is 0 Å². The molecule has 0 aromatic carbocycles. The van der Waals surface area contributed by atoms with E-state index in [1.165, 1.54) is 0 Å². The molecule has 0 heterocycles. The molecule has 0 rings (SSSR count). The van der Waals surface area contributed by atoms with Crippen LogP contribution in [0.3, 0.4) is 0 Å². The molecule has 0 fully saturated rings. The quantitative estimate of drug-likeness (QED) is 0.524. The number of amides is 1. The van der Waals surface area contributed by atoms with E-state index in [9.17, 15) is 4.79 Å². The molecule has 0 saturated heterocycles. The van der Waals surface area contributed by atoms with Crippen molar-refractivity contribution >= 4 is 5.91 Å². The molecule has 0 aromatic heterocycles. The van der Waals surface area contributed by atoms with E-state index in [1.54, 1.807) is 0 Å². The molecule has 3 heteroatoms. The van der Waals surface area contributed by atoms with Gasteiger partial charge in [-0.1, -0.05) is 0 Å². The summed E-state index contributed by atoms with van der Waals surface area (Å²) in [5.74, 6) is -0.889. The fraction of sp³-hybridized carbons (Fsp3) is 0.833. The van der Waals surface area contributed by atoms with Crippen LogP contribution in [0.1, 0.15) is 23.8 Å². The maximum absolute atomic E-state index is 10.7. The average molecular weight is 133 g/mol. The zero-order chi connectivity index (χ0) is 9.61. The Morgan fingerprint density at radius 3 is 3.11 bits per heavy atom. The second-order valence-electron chi connectivity index (χ2n) is 1.75. The molecule has 0 atom stereocenters. The van der Waals surface area contributed by atoms with Gasteiger partial charge < -0.3 is 11.1 Å². The van der Waals surface area contributed by atoms with Crippen LogP contribution < -0.4 is 11.1 Å². The number of nitrogens with two attached hydrogens (primary N) is 1. The topological polar surface area (TPSA) is 55.1 Å². The first-order valence-corrected chi connectivity index (χ1v) is 2.97. The molecule has 0 aliphatic rings. The Morgan fingerprint density at radius 2 is 2.56 bits per heavy atom. The molecule has 1 amide bonds. The van der Waals surface area contributed by atoms with Gasteiger partial charge in [0.25, 0.3) is 0 Å². The van der Waals surface area contributed by atoms with Crippen LogP contribution in [0.15, 0.2) is 0 Å². The highest BCUT2D eigenvalue weighted by atomic mass is 16.1. The fourth-order valence-corrected chi connectivity index (χ4v) is 0.471. The maximum atomic E-state index is 10.7. The van der Waals surface area contributed by atoms with Crippen LogP contribution in [0.4, 0.5) is 0 Å². The van der Waals surface area contributed by atoms with Gasteiger partial charge in [0.05, 0.1) is 0 Å². The van der Waals surface area contributed by atoms with Crippen molar-refractivity contribution in [2.24, 2.45) is 5.73 Å². The molecular weight excluding hydrogens is 116 g/mol. The summed E-state index contributed by atoms with van der Waals surface area (Å²) in [7, 11) is 0. The number of rotatable bonds is 4. The van der Waals surface area contributed by atoms with Gasteiger partial charge in [-0.3, -0.25) is 4.79 Å². The van der Waals surface area contributed by atoms with Crippen molar-refractivity contribution in [1.29, 1.82) is 0 Å². The highest BCUT2D eigenvalue weighted by molar-refractivity contribution is 5.72. The number of nitrogens with one attached hydrogen (secondary N) is 1. The summed E-state index contributed by atoms with van der Waals surface area (Å²) in [4.78, 5) is 10.7. The first kappa shape index (κ1) is 4.28. The van der Waals surface area contributed by atoms with E-state index in [0.717, 1.165) is 12.8 Å². The van der Waals surface area contributed by atoms with E-state index in [1.807, 2.05) is 0 Å². The number of hydrogen-bond donors (Lipinski definition) is 2.